The first-order valence-corrected chi connectivity index (χ1v) is 7.73. The topological polar surface area (TPSA) is 56.1 Å². The van der Waals surface area contributed by atoms with E-state index >= 15 is 0 Å². The Morgan fingerprint density at radius 1 is 1.55 bits per heavy atom. The molecule has 0 radical (unpaired) electrons. The van der Waals surface area contributed by atoms with E-state index in [4.69, 9.17) is 4.74 Å². The van der Waals surface area contributed by atoms with Gasteiger partial charge in [0.2, 0.25) is 0 Å². The van der Waals surface area contributed by atoms with Crippen LogP contribution in [0.5, 0.6) is 0 Å². The van der Waals surface area contributed by atoms with E-state index in [1.807, 2.05) is 18.7 Å². The summed E-state index contributed by atoms with van der Waals surface area (Å²) in [6.45, 7) is 4.04. The largest absolute Gasteiger partial charge is 0.468 e. The van der Waals surface area contributed by atoms with E-state index in [0.717, 1.165) is 35.1 Å². The number of aromatic nitrogens is 2. The molecule has 1 aromatic heterocycles. The first-order valence-electron chi connectivity index (χ1n) is 6.93. The zero-order chi connectivity index (χ0) is 14.9. The predicted molar refractivity (Wildman–Crippen MR) is 80.7 cm³/mol. The van der Waals surface area contributed by atoms with Crippen molar-refractivity contribution in [2.45, 2.75) is 51.1 Å². The van der Waals surface area contributed by atoms with E-state index in [1.54, 1.807) is 0 Å². The molecular weight excluding hydrogens is 322 g/mol. The Balaban J connectivity index is 2.30. The number of ether oxygens (including phenoxy) is 1. The molecule has 0 aliphatic heterocycles. The number of nitrogens with zero attached hydrogens (tertiary/aromatic N) is 2. The molecule has 112 valence electrons. The second kappa shape index (κ2) is 5.85. The standard InChI is InChI=1S/C14H22BrN3O2/c1-9-12(15)10(2)18(17-9)11-6-5-7-14(8-11,16-3)13(19)20-4/h11,16H,5-8H2,1-4H3. The van der Waals surface area contributed by atoms with Crippen molar-refractivity contribution >= 4 is 21.9 Å². The minimum absolute atomic E-state index is 0.176. The minimum atomic E-state index is -0.587. The predicted octanol–water partition coefficient (Wildman–Crippen LogP) is 2.51. The van der Waals surface area contributed by atoms with Gasteiger partial charge in [0.15, 0.2) is 0 Å². The molecule has 0 spiro atoms. The minimum Gasteiger partial charge on any atom is -0.468 e. The van der Waals surface area contributed by atoms with Crippen LogP contribution in [0.1, 0.15) is 43.1 Å². The summed E-state index contributed by atoms with van der Waals surface area (Å²) in [6, 6.07) is 0.222. The van der Waals surface area contributed by atoms with E-state index in [9.17, 15) is 4.79 Å². The highest BCUT2D eigenvalue weighted by Gasteiger charge is 2.43. The lowest BCUT2D eigenvalue weighted by molar-refractivity contribution is -0.150. The number of methoxy groups -OCH3 is 1. The molecule has 0 aromatic carbocycles. The number of halogens is 1. The normalized spacial score (nSPS) is 26.6. The summed E-state index contributed by atoms with van der Waals surface area (Å²) in [5, 5.41) is 7.79. The van der Waals surface area contributed by atoms with E-state index in [-0.39, 0.29) is 12.0 Å². The number of rotatable bonds is 3. The monoisotopic (exact) mass is 343 g/mol. The fourth-order valence-electron chi connectivity index (χ4n) is 3.16. The summed E-state index contributed by atoms with van der Waals surface area (Å²) < 4.78 is 8.09. The van der Waals surface area contributed by atoms with Gasteiger partial charge in [0, 0.05) is 0 Å². The summed E-state index contributed by atoms with van der Waals surface area (Å²) in [7, 11) is 3.28. The fraction of sp³-hybridized carbons (Fsp3) is 0.714. The molecule has 1 heterocycles. The van der Waals surface area contributed by atoms with Crippen LogP contribution in [0.3, 0.4) is 0 Å². The molecule has 1 N–H and O–H groups in total. The molecular formula is C14H22BrN3O2. The number of hydrogen-bond donors (Lipinski definition) is 1. The number of likely N-dealkylation sites (N-methyl/N-ethyl adjacent to an activating group) is 1. The van der Waals surface area contributed by atoms with Gasteiger partial charge in [0.25, 0.3) is 0 Å². The summed E-state index contributed by atoms with van der Waals surface area (Å²) in [6.07, 6.45) is 3.54. The number of hydrogen-bond acceptors (Lipinski definition) is 4. The van der Waals surface area contributed by atoms with Gasteiger partial charge in [0.05, 0.1) is 29.0 Å². The number of carbonyl (C=O) groups is 1. The second-order valence-corrected chi connectivity index (χ2v) is 6.30. The van der Waals surface area contributed by atoms with E-state index in [1.165, 1.54) is 7.11 Å². The molecule has 20 heavy (non-hydrogen) atoms. The van der Waals surface area contributed by atoms with Crippen molar-refractivity contribution in [2.24, 2.45) is 0 Å². The van der Waals surface area contributed by atoms with E-state index in [2.05, 4.69) is 33.3 Å². The zero-order valence-corrected chi connectivity index (χ0v) is 14.1. The van der Waals surface area contributed by atoms with Crippen molar-refractivity contribution in [2.75, 3.05) is 14.2 Å². The van der Waals surface area contributed by atoms with E-state index in [0.29, 0.717) is 6.42 Å². The first kappa shape index (κ1) is 15.5. The van der Waals surface area contributed by atoms with Crippen molar-refractivity contribution in [1.82, 2.24) is 15.1 Å². The maximum Gasteiger partial charge on any atom is 0.326 e. The van der Waals surface area contributed by atoms with Crippen LogP contribution in [-0.2, 0) is 9.53 Å². The molecule has 1 aliphatic carbocycles. The SMILES string of the molecule is CNC1(C(=O)OC)CCCC(n2nc(C)c(Br)c2C)C1. The summed E-state index contributed by atoms with van der Waals surface area (Å²) >= 11 is 3.56. The molecule has 1 fully saturated rings. The van der Waals surface area contributed by atoms with Crippen molar-refractivity contribution in [3.63, 3.8) is 0 Å². The average Bonchev–Trinajstić information content (AvgIpc) is 2.74. The number of esters is 1. The Hall–Kier alpha value is -0.880. The van der Waals surface area contributed by atoms with Gasteiger partial charge in [-0.25, -0.2) is 0 Å². The molecule has 5 nitrogen and oxygen atoms in total. The van der Waals surface area contributed by atoms with Gasteiger partial charge in [-0.15, -0.1) is 0 Å². The number of carbonyl (C=O) groups excluding carboxylic acids is 1. The number of aryl methyl sites for hydroxylation is 1. The van der Waals surface area contributed by atoms with Crippen LogP contribution in [0.25, 0.3) is 0 Å². The summed E-state index contributed by atoms with van der Waals surface area (Å²) in [5.41, 5.74) is 1.52. The van der Waals surface area contributed by atoms with Crippen LogP contribution in [-0.4, -0.2) is 35.4 Å². The Bertz CT molecular complexity index is 515. The van der Waals surface area contributed by atoms with Crippen LogP contribution in [0.4, 0.5) is 0 Å². The third kappa shape index (κ3) is 2.51. The lowest BCUT2D eigenvalue weighted by Crippen LogP contribution is -2.54. The fourth-order valence-corrected chi connectivity index (χ4v) is 3.42. The van der Waals surface area contributed by atoms with Crippen molar-refractivity contribution < 1.29 is 9.53 Å². The summed E-state index contributed by atoms with van der Waals surface area (Å²) in [5.74, 6) is -0.176. The molecule has 0 bridgehead atoms. The molecule has 1 aliphatic rings. The van der Waals surface area contributed by atoms with Crippen LogP contribution >= 0.6 is 15.9 Å². The Labute approximate surface area is 128 Å². The molecule has 1 saturated carbocycles. The van der Waals surface area contributed by atoms with Crippen LogP contribution in [0.2, 0.25) is 0 Å². The second-order valence-electron chi connectivity index (χ2n) is 5.50. The van der Waals surface area contributed by atoms with Crippen LogP contribution < -0.4 is 5.32 Å². The Morgan fingerprint density at radius 3 is 2.75 bits per heavy atom. The van der Waals surface area contributed by atoms with E-state index < -0.39 is 5.54 Å². The average molecular weight is 344 g/mol. The van der Waals surface area contributed by atoms with Gasteiger partial charge < -0.3 is 10.1 Å². The third-order valence-electron chi connectivity index (χ3n) is 4.36. The van der Waals surface area contributed by atoms with Gasteiger partial charge in [-0.05, 0) is 62.5 Å². The molecule has 0 amide bonds. The molecule has 1 aromatic rings. The highest BCUT2D eigenvalue weighted by molar-refractivity contribution is 9.10. The summed E-state index contributed by atoms with van der Waals surface area (Å²) in [4.78, 5) is 12.1. The first-order chi connectivity index (χ1) is 9.45. The third-order valence-corrected chi connectivity index (χ3v) is 5.51. The maximum absolute atomic E-state index is 12.1. The highest BCUT2D eigenvalue weighted by atomic mass is 79.9. The molecule has 0 saturated heterocycles. The molecule has 6 heteroatoms. The van der Waals surface area contributed by atoms with Crippen molar-refractivity contribution in [3.8, 4) is 0 Å². The van der Waals surface area contributed by atoms with Crippen molar-refractivity contribution in [1.29, 1.82) is 0 Å². The molecule has 2 rings (SSSR count). The Morgan fingerprint density at radius 2 is 2.25 bits per heavy atom. The van der Waals surface area contributed by atoms with Gasteiger partial charge >= 0.3 is 5.97 Å². The van der Waals surface area contributed by atoms with Crippen molar-refractivity contribution in [3.05, 3.63) is 15.9 Å². The zero-order valence-electron chi connectivity index (χ0n) is 12.5. The Kier molecular flexibility index (Phi) is 4.54. The number of nitrogens with one attached hydrogen (secondary N) is 1. The molecule has 2 atom stereocenters. The van der Waals surface area contributed by atoms with Gasteiger partial charge in [-0.2, -0.15) is 5.10 Å². The lowest BCUT2D eigenvalue weighted by Gasteiger charge is -2.38. The highest BCUT2D eigenvalue weighted by Crippen LogP contribution is 2.37. The smallest absolute Gasteiger partial charge is 0.326 e. The van der Waals surface area contributed by atoms with Crippen LogP contribution in [0, 0.1) is 13.8 Å². The van der Waals surface area contributed by atoms with Gasteiger partial charge in [-0.1, -0.05) is 0 Å². The van der Waals surface area contributed by atoms with Gasteiger partial charge in [0.1, 0.15) is 5.54 Å². The van der Waals surface area contributed by atoms with Crippen LogP contribution in [0.15, 0.2) is 4.47 Å². The quantitative estimate of drug-likeness (QED) is 0.856. The maximum atomic E-state index is 12.1. The molecule has 2 unspecified atom stereocenters. The lowest BCUT2D eigenvalue weighted by atomic mass is 9.79. The van der Waals surface area contributed by atoms with Gasteiger partial charge in [-0.3, -0.25) is 9.48 Å².